The Morgan fingerprint density at radius 2 is 2.05 bits per heavy atom. The standard InChI is InChI=1S/C16H24FN3S/c1-4-19(5-2)10-6-7-12(3)20-15-9-8-13(17)11-14(15)18-16(20)21/h8-9,11-12H,4-7,10H2,1-3H3,(H,18,21). The van der Waals surface area contributed by atoms with Crippen LogP contribution in [0.25, 0.3) is 11.0 Å². The van der Waals surface area contributed by atoms with E-state index in [0.29, 0.717) is 10.8 Å². The molecule has 0 fully saturated rings. The third-order valence-corrected chi connectivity index (χ3v) is 4.41. The predicted molar refractivity (Wildman–Crippen MR) is 88.8 cm³/mol. The minimum Gasteiger partial charge on any atom is -0.330 e. The summed E-state index contributed by atoms with van der Waals surface area (Å²) in [7, 11) is 0. The Bertz CT molecular complexity index is 642. The van der Waals surface area contributed by atoms with Crippen LogP contribution < -0.4 is 0 Å². The second-order valence-corrected chi connectivity index (χ2v) is 5.87. The number of hydrogen-bond donors (Lipinski definition) is 1. The van der Waals surface area contributed by atoms with Crippen molar-refractivity contribution in [1.82, 2.24) is 14.5 Å². The molecular weight excluding hydrogens is 285 g/mol. The summed E-state index contributed by atoms with van der Waals surface area (Å²) in [6.45, 7) is 9.86. The molecule has 1 N–H and O–H groups in total. The van der Waals surface area contributed by atoms with Gasteiger partial charge in [-0.15, -0.1) is 0 Å². The molecule has 116 valence electrons. The molecule has 21 heavy (non-hydrogen) atoms. The van der Waals surface area contributed by atoms with Gasteiger partial charge in [0.25, 0.3) is 0 Å². The fourth-order valence-corrected chi connectivity index (χ4v) is 3.21. The minimum atomic E-state index is -0.236. The highest BCUT2D eigenvalue weighted by molar-refractivity contribution is 7.71. The second-order valence-electron chi connectivity index (χ2n) is 5.48. The number of nitrogens with zero attached hydrogens (tertiary/aromatic N) is 2. The van der Waals surface area contributed by atoms with Crippen molar-refractivity contribution in [1.29, 1.82) is 0 Å². The van der Waals surface area contributed by atoms with E-state index in [1.807, 2.05) is 0 Å². The highest BCUT2D eigenvalue weighted by Gasteiger charge is 2.12. The number of aromatic nitrogens is 2. The molecule has 1 aromatic carbocycles. The molecule has 5 heteroatoms. The van der Waals surface area contributed by atoms with E-state index in [1.165, 1.54) is 12.1 Å². The Hall–Kier alpha value is -1.20. The Morgan fingerprint density at radius 3 is 2.71 bits per heavy atom. The van der Waals surface area contributed by atoms with Crippen molar-refractivity contribution in [2.75, 3.05) is 19.6 Å². The van der Waals surface area contributed by atoms with Crippen molar-refractivity contribution < 1.29 is 4.39 Å². The third kappa shape index (κ3) is 3.71. The van der Waals surface area contributed by atoms with Crippen LogP contribution in [-0.2, 0) is 0 Å². The summed E-state index contributed by atoms with van der Waals surface area (Å²) in [6.07, 6.45) is 2.20. The van der Waals surface area contributed by atoms with E-state index < -0.39 is 0 Å². The lowest BCUT2D eigenvalue weighted by Gasteiger charge is -2.20. The summed E-state index contributed by atoms with van der Waals surface area (Å²) in [5.74, 6) is -0.236. The fraction of sp³-hybridized carbons (Fsp3) is 0.562. The van der Waals surface area contributed by atoms with Gasteiger partial charge in [-0.1, -0.05) is 13.8 Å². The van der Waals surface area contributed by atoms with Gasteiger partial charge in [-0.2, -0.15) is 0 Å². The molecule has 1 aromatic heterocycles. The summed E-state index contributed by atoms with van der Waals surface area (Å²) < 4.78 is 16.1. The minimum absolute atomic E-state index is 0.236. The zero-order valence-corrected chi connectivity index (χ0v) is 13.8. The normalized spacial score (nSPS) is 13.2. The van der Waals surface area contributed by atoms with Crippen LogP contribution in [0.3, 0.4) is 0 Å². The van der Waals surface area contributed by atoms with Gasteiger partial charge < -0.3 is 14.5 Å². The molecule has 0 aliphatic heterocycles. The summed E-state index contributed by atoms with van der Waals surface area (Å²) in [4.78, 5) is 5.52. The molecule has 1 unspecified atom stereocenters. The SMILES string of the molecule is CCN(CC)CCCC(C)n1c(=S)[nH]c2cc(F)ccc21. The molecule has 3 nitrogen and oxygen atoms in total. The van der Waals surface area contributed by atoms with E-state index >= 15 is 0 Å². The molecule has 2 rings (SSSR count). The molecular formula is C16H24FN3S. The lowest BCUT2D eigenvalue weighted by Crippen LogP contribution is -2.24. The van der Waals surface area contributed by atoms with Crippen LogP contribution in [-0.4, -0.2) is 34.1 Å². The molecule has 0 saturated carbocycles. The average molecular weight is 309 g/mol. The van der Waals surface area contributed by atoms with Gasteiger partial charge in [0.2, 0.25) is 0 Å². The first-order chi connectivity index (χ1) is 10.1. The zero-order valence-electron chi connectivity index (χ0n) is 13.0. The molecule has 2 aromatic rings. The number of H-pyrrole nitrogens is 1. The van der Waals surface area contributed by atoms with Crippen LogP contribution >= 0.6 is 12.2 Å². The zero-order chi connectivity index (χ0) is 15.4. The summed E-state index contributed by atoms with van der Waals surface area (Å²) in [6, 6.07) is 5.11. The third-order valence-electron chi connectivity index (χ3n) is 4.11. The van der Waals surface area contributed by atoms with Crippen molar-refractivity contribution in [3.8, 4) is 0 Å². The lowest BCUT2D eigenvalue weighted by molar-refractivity contribution is 0.288. The number of hydrogen-bond acceptors (Lipinski definition) is 2. The number of nitrogens with one attached hydrogen (secondary N) is 1. The van der Waals surface area contributed by atoms with Crippen LogP contribution in [0.5, 0.6) is 0 Å². The van der Waals surface area contributed by atoms with Gasteiger partial charge in [0.15, 0.2) is 4.77 Å². The van der Waals surface area contributed by atoms with Gasteiger partial charge in [-0.05, 0) is 69.8 Å². The number of benzene rings is 1. The highest BCUT2D eigenvalue weighted by Crippen LogP contribution is 2.22. The quantitative estimate of drug-likeness (QED) is 0.760. The van der Waals surface area contributed by atoms with E-state index in [0.717, 1.165) is 43.5 Å². The van der Waals surface area contributed by atoms with Gasteiger partial charge in [-0.3, -0.25) is 0 Å². The van der Waals surface area contributed by atoms with Crippen molar-refractivity contribution >= 4 is 23.3 Å². The smallest absolute Gasteiger partial charge is 0.178 e. The van der Waals surface area contributed by atoms with Gasteiger partial charge in [0.1, 0.15) is 5.82 Å². The highest BCUT2D eigenvalue weighted by atomic mass is 32.1. The second kappa shape index (κ2) is 7.18. The monoisotopic (exact) mass is 309 g/mol. The molecule has 0 spiro atoms. The van der Waals surface area contributed by atoms with Crippen molar-refractivity contribution in [2.24, 2.45) is 0 Å². The van der Waals surface area contributed by atoms with Gasteiger partial charge in [0.05, 0.1) is 11.0 Å². The van der Waals surface area contributed by atoms with Gasteiger partial charge in [0, 0.05) is 6.04 Å². The molecule has 1 heterocycles. The molecule has 0 aliphatic rings. The van der Waals surface area contributed by atoms with E-state index in [4.69, 9.17) is 12.2 Å². The number of imidazole rings is 1. The van der Waals surface area contributed by atoms with Crippen LogP contribution in [0, 0.1) is 10.6 Å². The summed E-state index contributed by atoms with van der Waals surface area (Å²) >= 11 is 5.39. The predicted octanol–water partition coefficient (Wildman–Crippen LogP) is 4.52. The molecule has 0 bridgehead atoms. The topological polar surface area (TPSA) is 24.0 Å². The molecule has 0 saturated heterocycles. The largest absolute Gasteiger partial charge is 0.330 e. The maximum Gasteiger partial charge on any atom is 0.178 e. The van der Waals surface area contributed by atoms with Crippen LogP contribution in [0.4, 0.5) is 4.39 Å². The number of aromatic amines is 1. The van der Waals surface area contributed by atoms with E-state index in [-0.39, 0.29) is 5.82 Å². The number of halogens is 1. The van der Waals surface area contributed by atoms with Crippen molar-refractivity contribution in [2.45, 2.75) is 39.7 Å². The fourth-order valence-electron chi connectivity index (χ4n) is 2.82. The molecule has 0 aliphatic carbocycles. The number of rotatable bonds is 7. The number of fused-ring (bicyclic) bond motifs is 1. The van der Waals surface area contributed by atoms with E-state index in [1.54, 1.807) is 6.07 Å². The van der Waals surface area contributed by atoms with Gasteiger partial charge in [-0.25, -0.2) is 4.39 Å². The van der Waals surface area contributed by atoms with Crippen molar-refractivity contribution in [3.05, 3.63) is 28.8 Å². The Morgan fingerprint density at radius 1 is 1.33 bits per heavy atom. The molecule has 1 atom stereocenters. The summed E-state index contributed by atoms with van der Waals surface area (Å²) in [5, 5.41) is 0. The van der Waals surface area contributed by atoms with E-state index in [2.05, 4.69) is 35.2 Å². The molecule has 0 amide bonds. The Labute approximate surface area is 130 Å². The lowest BCUT2D eigenvalue weighted by atomic mass is 10.1. The first kappa shape index (κ1) is 16.2. The van der Waals surface area contributed by atoms with Gasteiger partial charge >= 0.3 is 0 Å². The first-order valence-electron chi connectivity index (χ1n) is 7.69. The van der Waals surface area contributed by atoms with Crippen LogP contribution in [0.2, 0.25) is 0 Å². The van der Waals surface area contributed by atoms with E-state index in [9.17, 15) is 4.39 Å². The Balaban J connectivity index is 2.11. The average Bonchev–Trinajstić information content (AvgIpc) is 2.78. The van der Waals surface area contributed by atoms with Crippen LogP contribution in [0.15, 0.2) is 18.2 Å². The Kier molecular flexibility index (Phi) is 5.53. The van der Waals surface area contributed by atoms with Crippen LogP contribution in [0.1, 0.15) is 39.7 Å². The summed E-state index contributed by atoms with van der Waals surface area (Å²) in [5.41, 5.74) is 1.76. The maximum absolute atomic E-state index is 13.3. The first-order valence-corrected chi connectivity index (χ1v) is 8.09. The van der Waals surface area contributed by atoms with Crippen molar-refractivity contribution in [3.63, 3.8) is 0 Å². The molecule has 0 radical (unpaired) electrons. The maximum atomic E-state index is 13.3.